The number of hydrogen-bond acceptors (Lipinski definition) is 3. The summed E-state index contributed by atoms with van der Waals surface area (Å²) >= 11 is 5.94. The number of carbonyl (C=O) groups excluding carboxylic acids is 1. The normalized spacial score (nSPS) is 11.8. The first-order valence-corrected chi connectivity index (χ1v) is 8.53. The lowest BCUT2D eigenvalue weighted by Crippen LogP contribution is -2.38. The molecule has 2 rings (SSSR count). The number of rotatable bonds is 7. The number of aliphatic imine (C=N–C) groups is 1. The van der Waals surface area contributed by atoms with E-state index in [1.807, 2.05) is 0 Å². The summed E-state index contributed by atoms with van der Waals surface area (Å²) in [4.78, 5) is 16.0. The Kier molecular flexibility index (Phi) is 7.51. The fourth-order valence-corrected chi connectivity index (χ4v) is 2.36. The molecular formula is C18H18ClF3N4O2. The van der Waals surface area contributed by atoms with Gasteiger partial charge in [0, 0.05) is 13.1 Å². The van der Waals surface area contributed by atoms with Crippen LogP contribution in [0.3, 0.4) is 0 Å². The molecule has 0 saturated carbocycles. The molecule has 0 bridgehead atoms. The van der Waals surface area contributed by atoms with Crippen molar-refractivity contribution in [3.8, 4) is 5.75 Å². The Morgan fingerprint density at radius 3 is 2.36 bits per heavy atom. The molecular weight excluding hydrogens is 397 g/mol. The molecule has 0 aliphatic carbocycles. The first-order chi connectivity index (χ1) is 13.2. The van der Waals surface area contributed by atoms with Crippen molar-refractivity contribution in [1.82, 2.24) is 10.6 Å². The Bertz CT molecular complexity index is 826. The zero-order valence-corrected chi connectivity index (χ0v) is 15.3. The summed E-state index contributed by atoms with van der Waals surface area (Å²) in [5.41, 5.74) is 6.76. The van der Waals surface area contributed by atoms with E-state index in [4.69, 9.17) is 17.3 Å². The van der Waals surface area contributed by atoms with Crippen LogP contribution in [0.1, 0.15) is 15.9 Å². The summed E-state index contributed by atoms with van der Waals surface area (Å²) in [6.45, 7) is 0.810. The van der Waals surface area contributed by atoms with Crippen molar-refractivity contribution < 1.29 is 22.7 Å². The maximum atomic E-state index is 12.1. The number of carbonyl (C=O) groups is 1. The fraction of sp³-hybridized carbons (Fsp3) is 0.222. The highest BCUT2D eigenvalue weighted by Crippen LogP contribution is 2.22. The van der Waals surface area contributed by atoms with Gasteiger partial charge in [-0.1, -0.05) is 35.9 Å². The molecule has 0 heterocycles. The molecule has 0 aromatic heterocycles. The van der Waals surface area contributed by atoms with Crippen LogP contribution in [-0.4, -0.2) is 31.3 Å². The summed E-state index contributed by atoms with van der Waals surface area (Å²) in [6.07, 6.45) is -4.73. The number of ether oxygens (including phenoxy) is 1. The average Bonchev–Trinajstić information content (AvgIpc) is 2.63. The molecule has 0 aliphatic heterocycles. The Hall–Kier alpha value is -2.94. The predicted octanol–water partition coefficient (Wildman–Crippen LogP) is 3.07. The van der Waals surface area contributed by atoms with E-state index in [2.05, 4.69) is 20.4 Å². The second-order valence-electron chi connectivity index (χ2n) is 5.56. The van der Waals surface area contributed by atoms with Crippen LogP contribution < -0.4 is 21.1 Å². The van der Waals surface area contributed by atoms with Crippen LogP contribution in [0, 0.1) is 0 Å². The van der Waals surface area contributed by atoms with Crippen molar-refractivity contribution in [3.05, 3.63) is 64.7 Å². The van der Waals surface area contributed by atoms with Gasteiger partial charge >= 0.3 is 6.36 Å². The largest absolute Gasteiger partial charge is 0.573 e. The predicted molar refractivity (Wildman–Crippen MR) is 100 cm³/mol. The minimum absolute atomic E-state index is 0.141. The molecule has 1 amide bonds. The Balaban J connectivity index is 1.73. The highest BCUT2D eigenvalue weighted by atomic mass is 35.5. The van der Waals surface area contributed by atoms with Crippen molar-refractivity contribution in [2.75, 3.05) is 13.1 Å². The summed E-state index contributed by atoms with van der Waals surface area (Å²) in [5, 5.41) is 5.88. The van der Waals surface area contributed by atoms with E-state index >= 15 is 0 Å². The Morgan fingerprint density at radius 2 is 1.71 bits per heavy atom. The summed E-state index contributed by atoms with van der Waals surface area (Å²) < 4.78 is 40.1. The SMILES string of the molecule is NC(=NCc1ccc(OC(F)(F)F)cc1)NCCNC(=O)c1ccccc1Cl. The van der Waals surface area contributed by atoms with Gasteiger partial charge in [-0.2, -0.15) is 0 Å². The van der Waals surface area contributed by atoms with E-state index < -0.39 is 6.36 Å². The van der Waals surface area contributed by atoms with Gasteiger partial charge in [0.15, 0.2) is 5.96 Å². The number of alkyl halides is 3. The van der Waals surface area contributed by atoms with Gasteiger partial charge in [0.1, 0.15) is 5.75 Å². The molecule has 0 atom stereocenters. The van der Waals surface area contributed by atoms with E-state index in [-0.39, 0.29) is 24.2 Å². The molecule has 28 heavy (non-hydrogen) atoms. The van der Waals surface area contributed by atoms with Crippen molar-refractivity contribution in [2.45, 2.75) is 12.9 Å². The van der Waals surface area contributed by atoms with Gasteiger partial charge in [-0.15, -0.1) is 13.2 Å². The molecule has 0 spiro atoms. The molecule has 0 fully saturated rings. The highest BCUT2D eigenvalue weighted by molar-refractivity contribution is 6.33. The second kappa shape index (κ2) is 9.84. The van der Waals surface area contributed by atoms with Crippen LogP contribution in [-0.2, 0) is 6.54 Å². The summed E-state index contributed by atoms with van der Waals surface area (Å²) in [7, 11) is 0. The molecule has 2 aromatic rings. The first kappa shape index (κ1) is 21.4. The third-order valence-electron chi connectivity index (χ3n) is 3.42. The van der Waals surface area contributed by atoms with Crippen LogP contribution >= 0.6 is 11.6 Å². The second-order valence-corrected chi connectivity index (χ2v) is 5.96. The number of halogens is 4. The topological polar surface area (TPSA) is 88.7 Å². The van der Waals surface area contributed by atoms with Gasteiger partial charge < -0.3 is 21.1 Å². The average molecular weight is 415 g/mol. The summed E-state index contributed by atoms with van der Waals surface area (Å²) in [6, 6.07) is 12.0. The molecule has 0 radical (unpaired) electrons. The van der Waals surface area contributed by atoms with Crippen molar-refractivity contribution >= 4 is 23.5 Å². The highest BCUT2D eigenvalue weighted by Gasteiger charge is 2.30. The number of guanidine groups is 1. The number of benzene rings is 2. The van der Waals surface area contributed by atoms with E-state index in [1.165, 1.54) is 24.3 Å². The number of hydrogen-bond donors (Lipinski definition) is 3. The number of amides is 1. The van der Waals surface area contributed by atoms with Crippen molar-refractivity contribution in [2.24, 2.45) is 10.7 Å². The molecule has 0 unspecified atom stereocenters. The van der Waals surface area contributed by atoms with Crippen LogP contribution in [0.4, 0.5) is 13.2 Å². The van der Waals surface area contributed by atoms with Crippen LogP contribution in [0.25, 0.3) is 0 Å². The maximum Gasteiger partial charge on any atom is 0.573 e. The standard InChI is InChI=1S/C18H18ClF3N4O2/c19-15-4-2-1-3-14(15)16(27)24-9-10-25-17(23)26-11-12-5-7-13(8-6-12)28-18(20,21)22/h1-8H,9-11H2,(H,24,27)(H3,23,25,26). The minimum atomic E-state index is -4.73. The van der Waals surface area contributed by atoms with Gasteiger partial charge in [0.05, 0.1) is 17.1 Å². The number of nitrogens with one attached hydrogen (secondary N) is 2. The third kappa shape index (κ3) is 7.36. The van der Waals surface area contributed by atoms with Crippen molar-refractivity contribution in [3.63, 3.8) is 0 Å². The zero-order chi connectivity index (χ0) is 20.6. The van der Waals surface area contributed by atoms with E-state index in [9.17, 15) is 18.0 Å². The van der Waals surface area contributed by atoms with Crippen LogP contribution in [0.15, 0.2) is 53.5 Å². The lowest BCUT2D eigenvalue weighted by atomic mass is 10.2. The monoisotopic (exact) mass is 414 g/mol. The molecule has 4 N–H and O–H groups in total. The zero-order valence-electron chi connectivity index (χ0n) is 14.6. The van der Waals surface area contributed by atoms with E-state index in [0.717, 1.165) is 0 Å². The lowest BCUT2D eigenvalue weighted by Gasteiger charge is -2.09. The molecule has 0 saturated heterocycles. The molecule has 150 valence electrons. The molecule has 0 aliphatic rings. The van der Waals surface area contributed by atoms with E-state index in [0.29, 0.717) is 29.2 Å². The van der Waals surface area contributed by atoms with Crippen molar-refractivity contribution in [1.29, 1.82) is 0 Å². The number of nitrogens with two attached hydrogens (primary N) is 1. The quantitative estimate of drug-likeness (QED) is 0.369. The maximum absolute atomic E-state index is 12.1. The Morgan fingerprint density at radius 1 is 1.07 bits per heavy atom. The summed E-state index contributed by atoms with van der Waals surface area (Å²) in [5.74, 6) is -0.465. The van der Waals surface area contributed by atoms with Gasteiger partial charge in [-0.3, -0.25) is 4.79 Å². The van der Waals surface area contributed by atoms with Gasteiger partial charge in [-0.05, 0) is 29.8 Å². The van der Waals surface area contributed by atoms with Gasteiger partial charge in [-0.25, -0.2) is 4.99 Å². The van der Waals surface area contributed by atoms with Crippen LogP contribution in [0.2, 0.25) is 5.02 Å². The molecule has 6 nitrogen and oxygen atoms in total. The first-order valence-electron chi connectivity index (χ1n) is 8.16. The van der Waals surface area contributed by atoms with E-state index in [1.54, 1.807) is 24.3 Å². The smallest absolute Gasteiger partial charge is 0.406 e. The third-order valence-corrected chi connectivity index (χ3v) is 3.75. The molecule has 2 aromatic carbocycles. The lowest BCUT2D eigenvalue weighted by molar-refractivity contribution is -0.274. The van der Waals surface area contributed by atoms with Gasteiger partial charge in [0.2, 0.25) is 0 Å². The fourth-order valence-electron chi connectivity index (χ4n) is 2.14. The Labute approximate surface area is 164 Å². The van der Waals surface area contributed by atoms with Crippen LogP contribution in [0.5, 0.6) is 5.75 Å². The number of nitrogens with zero attached hydrogens (tertiary/aromatic N) is 1. The van der Waals surface area contributed by atoms with Gasteiger partial charge in [0.25, 0.3) is 5.91 Å². The minimum Gasteiger partial charge on any atom is -0.406 e. The molecule has 10 heteroatoms.